The number of aromatic nitrogens is 3. The zero-order valence-electron chi connectivity index (χ0n) is 11.4. The van der Waals surface area contributed by atoms with Crippen LogP contribution >= 0.6 is 23.2 Å². The Morgan fingerprint density at radius 3 is 2.87 bits per heavy atom. The maximum atomic E-state index is 12.0. The summed E-state index contributed by atoms with van der Waals surface area (Å²) in [7, 11) is 0. The number of urea groups is 1. The van der Waals surface area contributed by atoms with Gasteiger partial charge in [0.1, 0.15) is 11.0 Å². The SMILES string of the molecule is N#Cc1ccc2c(c1)nnn2NC(=O)Nc1cccc(Cl)c1Cl. The fourth-order valence-electron chi connectivity index (χ4n) is 1.92. The fraction of sp³-hybridized carbons (Fsp3) is 0. The second kappa shape index (κ2) is 6.12. The number of hydrogen-bond donors (Lipinski definition) is 2. The Kier molecular flexibility index (Phi) is 4.02. The molecule has 0 unspecified atom stereocenters. The Hall–Kier alpha value is -2.82. The van der Waals surface area contributed by atoms with Crippen molar-refractivity contribution in [1.82, 2.24) is 15.1 Å². The van der Waals surface area contributed by atoms with Gasteiger partial charge in [-0.05, 0) is 35.5 Å². The van der Waals surface area contributed by atoms with Gasteiger partial charge in [0.15, 0.2) is 0 Å². The first-order chi connectivity index (χ1) is 11.1. The van der Waals surface area contributed by atoms with E-state index in [1.807, 2.05) is 6.07 Å². The highest BCUT2D eigenvalue weighted by molar-refractivity contribution is 6.44. The molecule has 0 saturated heterocycles. The minimum atomic E-state index is -0.565. The maximum absolute atomic E-state index is 12.0. The summed E-state index contributed by atoms with van der Waals surface area (Å²) >= 11 is 11.9. The lowest BCUT2D eigenvalue weighted by Gasteiger charge is -2.09. The largest absolute Gasteiger partial charge is 0.339 e. The van der Waals surface area contributed by atoms with E-state index in [2.05, 4.69) is 21.1 Å². The van der Waals surface area contributed by atoms with Crippen LogP contribution in [-0.4, -0.2) is 21.1 Å². The minimum absolute atomic E-state index is 0.242. The first kappa shape index (κ1) is 15.1. The van der Waals surface area contributed by atoms with Crippen LogP contribution < -0.4 is 10.7 Å². The van der Waals surface area contributed by atoms with Crippen molar-refractivity contribution < 1.29 is 4.79 Å². The zero-order valence-corrected chi connectivity index (χ0v) is 12.9. The van der Waals surface area contributed by atoms with Gasteiger partial charge in [-0.15, -0.1) is 9.89 Å². The van der Waals surface area contributed by atoms with E-state index in [1.54, 1.807) is 36.4 Å². The lowest BCUT2D eigenvalue weighted by molar-refractivity contribution is 0.259. The van der Waals surface area contributed by atoms with Crippen molar-refractivity contribution in [2.24, 2.45) is 0 Å². The average Bonchev–Trinajstić information content (AvgIpc) is 2.94. The van der Waals surface area contributed by atoms with Crippen molar-refractivity contribution in [2.75, 3.05) is 10.7 Å². The lowest BCUT2D eigenvalue weighted by Crippen LogP contribution is -2.28. The van der Waals surface area contributed by atoms with Gasteiger partial charge in [-0.3, -0.25) is 0 Å². The molecule has 0 fully saturated rings. The Morgan fingerprint density at radius 2 is 2.09 bits per heavy atom. The van der Waals surface area contributed by atoms with Gasteiger partial charge in [0.05, 0.1) is 27.4 Å². The molecule has 9 heteroatoms. The van der Waals surface area contributed by atoms with E-state index >= 15 is 0 Å². The average molecular weight is 347 g/mol. The van der Waals surface area contributed by atoms with E-state index in [0.717, 1.165) is 0 Å². The van der Waals surface area contributed by atoms with Crippen molar-refractivity contribution in [3.8, 4) is 6.07 Å². The molecule has 23 heavy (non-hydrogen) atoms. The number of benzene rings is 2. The van der Waals surface area contributed by atoms with Crippen molar-refractivity contribution in [3.63, 3.8) is 0 Å². The predicted molar refractivity (Wildman–Crippen MR) is 87.1 cm³/mol. The van der Waals surface area contributed by atoms with Gasteiger partial charge >= 0.3 is 6.03 Å². The summed E-state index contributed by atoms with van der Waals surface area (Å²) in [6, 6.07) is 11.2. The van der Waals surface area contributed by atoms with E-state index in [9.17, 15) is 4.79 Å². The third kappa shape index (κ3) is 3.04. The molecule has 0 saturated carbocycles. The highest BCUT2D eigenvalue weighted by atomic mass is 35.5. The van der Waals surface area contributed by atoms with Crippen LogP contribution in [0.3, 0.4) is 0 Å². The molecule has 7 nitrogen and oxygen atoms in total. The van der Waals surface area contributed by atoms with Crippen LogP contribution in [0.4, 0.5) is 10.5 Å². The third-order valence-electron chi connectivity index (χ3n) is 2.98. The van der Waals surface area contributed by atoms with Crippen LogP contribution in [0.15, 0.2) is 36.4 Å². The molecule has 2 aromatic carbocycles. The van der Waals surface area contributed by atoms with E-state index in [4.69, 9.17) is 28.5 Å². The van der Waals surface area contributed by atoms with E-state index in [0.29, 0.717) is 27.3 Å². The second-order valence-corrected chi connectivity index (χ2v) is 5.27. The smallest absolute Gasteiger partial charge is 0.305 e. The molecule has 0 aliphatic carbocycles. The Labute approximate surface area is 140 Å². The van der Waals surface area contributed by atoms with Gasteiger partial charge < -0.3 is 5.32 Å². The number of halogens is 2. The van der Waals surface area contributed by atoms with Crippen molar-refractivity contribution in [1.29, 1.82) is 5.26 Å². The van der Waals surface area contributed by atoms with Gasteiger partial charge in [-0.1, -0.05) is 29.3 Å². The molecule has 0 bridgehead atoms. The van der Waals surface area contributed by atoms with Crippen LogP contribution in [0.2, 0.25) is 10.0 Å². The first-order valence-corrected chi connectivity index (χ1v) is 7.11. The summed E-state index contributed by atoms with van der Waals surface area (Å²) in [6.45, 7) is 0. The third-order valence-corrected chi connectivity index (χ3v) is 3.80. The number of carbonyl (C=O) groups is 1. The molecule has 2 N–H and O–H groups in total. The van der Waals surface area contributed by atoms with Crippen LogP contribution in [0.1, 0.15) is 5.56 Å². The van der Waals surface area contributed by atoms with Crippen LogP contribution in [0, 0.1) is 11.3 Å². The Morgan fingerprint density at radius 1 is 1.26 bits per heavy atom. The number of nitrogens with zero attached hydrogens (tertiary/aromatic N) is 4. The molecule has 2 amide bonds. The van der Waals surface area contributed by atoms with Crippen LogP contribution in [0.5, 0.6) is 0 Å². The van der Waals surface area contributed by atoms with E-state index in [-0.39, 0.29) is 5.02 Å². The first-order valence-electron chi connectivity index (χ1n) is 6.36. The molecule has 0 aliphatic rings. The van der Waals surface area contributed by atoms with Crippen molar-refractivity contribution in [2.45, 2.75) is 0 Å². The highest BCUT2D eigenvalue weighted by Gasteiger charge is 2.11. The van der Waals surface area contributed by atoms with Crippen molar-refractivity contribution in [3.05, 3.63) is 52.0 Å². The number of nitrogens with one attached hydrogen (secondary N) is 2. The summed E-state index contributed by atoms with van der Waals surface area (Å²) < 4.78 is 0. The second-order valence-electron chi connectivity index (χ2n) is 4.48. The topological polar surface area (TPSA) is 95.6 Å². The molecular formula is C14H8Cl2N6O. The molecule has 3 rings (SSSR count). The molecule has 0 aliphatic heterocycles. The van der Waals surface area contributed by atoms with Gasteiger partial charge in [-0.2, -0.15) is 5.26 Å². The Balaban J connectivity index is 1.81. The molecule has 0 spiro atoms. The number of rotatable bonds is 2. The molecule has 114 valence electrons. The summed E-state index contributed by atoms with van der Waals surface area (Å²) in [5, 5.41) is 19.7. The Bertz CT molecular complexity index is 946. The van der Waals surface area contributed by atoms with E-state index < -0.39 is 6.03 Å². The van der Waals surface area contributed by atoms with Gasteiger partial charge in [0, 0.05) is 0 Å². The van der Waals surface area contributed by atoms with E-state index in [1.165, 1.54) is 4.79 Å². The number of carbonyl (C=O) groups excluding carboxylic acids is 1. The molecular weight excluding hydrogens is 339 g/mol. The molecule has 1 heterocycles. The monoisotopic (exact) mass is 346 g/mol. The number of anilines is 1. The standard InChI is InChI=1S/C14H8Cl2N6O/c15-9-2-1-3-10(13(9)16)18-14(23)20-22-12-5-4-8(7-17)6-11(12)19-21-22/h1-6H,(H2,18,20,23). The summed E-state index contributed by atoms with van der Waals surface area (Å²) in [6.07, 6.45) is 0. The van der Waals surface area contributed by atoms with Crippen LogP contribution in [0.25, 0.3) is 11.0 Å². The maximum Gasteiger partial charge on any atom is 0.339 e. The molecule has 3 aromatic rings. The quantitative estimate of drug-likeness (QED) is 0.743. The zero-order chi connectivity index (χ0) is 16.4. The highest BCUT2D eigenvalue weighted by Crippen LogP contribution is 2.29. The van der Waals surface area contributed by atoms with Gasteiger partial charge in [0.25, 0.3) is 0 Å². The lowest BCUT2D eigenvalue weighted by atomic mass is 10.2. The van der Waals surface area contributed by atoms with Crippen molar-refractivity contribution >= 4 is 46.0 Å². The minimum Gasteiger partial charge on any atom is -0.305 e. The van der Waals surface area contributed by atoms with Crippen LogP contribution in [-0.2, 0) is 0 Å². The number of nitriles is 1. The normalized spacial score (nSPS) is 10.3. The number of fused-ring (bicyclic) bond motifs is 1. The molecule has 1 aromatic heterocycles. The molecule has 0 radical (unpaired) electrons. The number of hydrogen-bond acceptors (Lipinski definition) is 4. The number of amides is 2. The summed E-state index contributed by atoms with van der Waals surface area (Å²) in [5.74, 6) is 0. The predicted octanol–water partition coefficient (Wildman–Crippen LogP) is 3.39. The summed E-state index contributed by atoms with van der Waals surface area (Å²) in [4.78, 5) is 13.2. The molecule has 0 atom stereocenters. The fourth-order valence-corrected chi connectivity index (χ4v) is 2.27. The summed E-state index contributed by atoms with van der Waals surface area (Å²) in [5.41, 5.74) is 4.38. The van der Waals surface area contributed by atoms with Gasteiger partial charge in [0.2, 0.25) is 0 Å². The van der Waals surface area contributed by atoms with Gasteiger partial charge in [-0.25, -0.2) is 10.2 Å².